The minimum absolute atomic E-state index is 0.174. The highest BCUT2D eigenvalue weighted by Crippen LogP contribution is 2.33. The first-order valence-corrected chi connectivity index (χ1v) is 12.1. The minimum atomic E-state index is -0.174. The number of carbonyl (C=O) groups excluding carboxylic acids is 1. The molecule has 0 atom stereocenters. The van der Waals surface area contributed by atoms with Gasteiger partial charge in [-0.05, 0) is 77.5 Å². The van der Waals surface area contributed by atoms with Crippen LogP contribution in [0.1, 0.15) is 36.9 Å². The monoisotopic (exact) mass is 502 g/mol. The summed E-state index contributed by atoms with van der Waals surface area (Å²) >= 11 is 9.89. The van der Waals surface area contributed by atoms with Crippen LogP contribution >= 0.6 is 27.5 Å². The number of ether oxygens (including phenoxy) is 1. The number of nitrogens with zero attached hydrogens (tertiary/aromatic N) is 2. The fraction of sp³-hybridized carbons (Fsp3) is 0.400. The van der Waals surface area contributed by atoms with Crippen LogP contribution in [0.5, 0.6) is 0 Å². The lowest BCUT2D eigenvalue weighted by atomic mass is 10.0. The van der Waals surface area contributed by atoms with Crippen LogP contribution in [0.2, 0.25) is 5.02 Å². The zero-order chi connectivity index (χ0) is 21.8. The van der Waals surface area contributed by atoms with Crippen molar-refractivity contribution in [1.82, 2.24) is 9.47 Å². The SMILES string of the molecule is CCOC(=O)Cc1ccc2cc(Br)n(C3CCN(CCc4cccc(Cl)c4)CC3)c2c1. The molecule has 0 N–H and O–H groups in total. The molecule has 0 saturated carbocycles. The number of likely N-dealkylation sites (tertiary alicyclic amines) is 1. The molecule has 0 bridgehead atoms. The van der Waals surface area contributed by atoms with Gasteiger partial charge in [0.25, 0.3) is 0 Å². The Bertz CT molecular complexity index is 1060. The van der Waals surface area contributed by atoms with E-state index in [1.807, 2.05) is 25.1 Å². The molecule has 0 radical (unpaired) electrons. The molecule has 3 aromatic rings. The second kappa shape index (κ2) is 10.2. The van der Waals surface area contributed by atoms with Gasteiger partial charge in [0.15, 0.2) is 0 Å². The van der Waals surface area contributed by atoms with Crippen LogP contribution in [0.25, 0.3) is 10.9 Å². The Balaban J connectivity index is 1.42. The average Bonchev–Trinajstić information content (AvgIpc) is 3.08. The quantitative estimate of drug-likeness (QED) is 0.369. The van der Waals surface area contributed by atoms with Crippen molar-refractivity contribution in [2.24, 2.45) is 0 Å². The molecule has 2 heterocycles. The molecule has 1 fully saturated rings. The molecule has 164 valence electrons. The number of rotatable bonds is 7. The van der Waals surface area contributed by atoms with Crippen molar-refractivity contribution in [3.05, 3.63) is 69.3 Å². The van der Waals surface area contributed by atoms with Gasteiger partial charge in [0.2, 0.25) is 0 Å². The molecule has 0 spiro atoms. The lowest BCUT2D eigenvalue weighted by Gasteiger charge is -2.33. The molecule has 4 nitrogen and oxygen atoms in total. The highest BCUT2D eigenvalue weighted by molar-refractivity contribution is 9.10. The van der Waals surface area contributed by atoms with E-state index in [1.165, 1.54) is 16.5 Å². The number of hydrogen-bond acceptors (Lipinski definition) is 3. The summed E-state index contributed by atoms with van der Waals surface area (Å²) in [6.45, 7) is 5.48. The van der Waals surface area contributed by atoms with Gasteiger partial charge in [0.1, 0.15) is 0 Å². The molecule has 1 aliphatic heterocycles. The van der Waals surface area contributed by atoms with E-state index in [1.54, 1.807) is 0 Å². The summed E-state index contributed by atoms with van der Waals surface area (Å²) in [7, 11) is 0. The number of benzene rings is 2. The van der Waals surface area contributed by atoms with E-state index in [2.05, 4.69) is 55.7 Å². The summed E-state index contributed by atoms with van der Waals surface area (Å²) in [6, 6.07) is 17.0. The summed E-state index contributed by atoms with van der Waals surface area (Å²) < 4.78 is 8.62. The Morgan fingerprint density at radius 2 is 1.94 bits per heavy atom. The Kier molecular flexibility index (Phi) is 7.36. The van der Waals surface area contributed by atoms with Crippen molar-refractivity contribution in [1.29, 1.82) is 0 Å². The standard InChI is InChI=1S/C25H28BrClN2O2/c1-2-31-25(30)16-19-6-7-20-17-24(26)29(23(20)15-19)22-9-12-28(13-10-22)11-8-18-4-3-5-21(27)14-18/h3-7,14-15,17,22H,2,8-13,16H2,1H3. The predicted molar refractivity (Wildman–Crippen MR) is 130 cm³/mol. The smallest absolute Gasteiger partial charge is 0.310 e. The van der Waals surface area contributed by atoms with Crippen LogP contribution in [-0.4, -0.2) is 41.7 Å². The first kappa shape index (κ1) is 22.4. The van der Waals surface area contributed by atoms with Gasteiger partial charge in [-0.25, -0.2) is 0 Å². The van der Waals surface area contributed by atoms with E-state index in [0.717, 1.165) is 54.1 Å². The van der Waals surface area contributed by atoms with Crippen molar-refractivity contribution in [2.45, 2.75) is 38.6 Å². The van der Waals surface area contributed by atoms with E-state index in [0.29, 0.717) is 19.1 Å². The second-order valence-corrected chi connectivity index (χ2v) is 9.41. The van der Waals surface area contributed by atoms with Gasteiger partial charge in [-0.1, -0.05) is 35.9 Å². The van der Waals surface area contributed by atoms with Crippen LogP contribution in [0, 0.1) is 0 Å². The number of aromatic nitrogens is 1. The minimum Gasteiger partial charge on any atom is -0.466 e. The van der Waals surface area contributed by atoms with E-state index in [-0.39, 0.29) is 5.97 Å². The largest absolute Gasteiger partial charge is 0.466 e. The zero-order valence-electron chi connectivity index (χ0n) is 17.8. The normalized spacial score (nSPS) is 15.5. The van der Waals surface area contributed by atoms with Crippen LogP contribution in [-0.2, 0) is 22.4 Å². The topological polar surface area (TPSA) is 34.5 Å². The van der Waals surface area contributed by atoms with Gasteiger partial charge in [-0.15, -0.1) is 0 Å². The van der Waals surface area contributed by atoms with Crippen molar-refractivity contribution in [2.75, 3.05) is 26.2 Å². The Labute approximate surface area is 197 Å². The molecule has 0 unspecified atom stereocenters. The maximum atomic E-state index is 11.9. The first-order valence-electron chi connectivity index (χ1n) is 10.9. The fourth-order valence-electron chi connectivity index (χ4n) is 4.47. The third-order valence-corrected chi connectivity index (χ3v) is 6.89. The van der Waals surface area contributed by atoms with E-state index in [4.69, 9.17) is 16.3 Å². The number of piperidine rings is 1. The van der Waals surface area contributed by atoms with Crippen molar-refractivity contribution < 1.29 is 9.53 Å². The van der Waals surface area contributed by atoms with Crippen LogP contribution in [0.4, 0.5) is 0 Å². The molecule has 31 heavy (non-hydrogen) atoms. The average molecular weight is 504 g/mol. The molecule has 6 heteroatoms. The van der Waals surface area contributed by atoms with Gasteiger partial charge >= 0.3 is 5.97 Å². The third kappa shape index (κ3) is 5.51. The lowest BCUT2D eigenvalue weighted by molar-refractivity contribution is -0.142. The van der Waals surface area contributed by atoms with E-state index < -0.39 is 0 Å². The van der Waals surface area contributed by atoms with Gasteiger partial charge in [0.05, 0.1) is 17.6 Å². The Morgan fingerprint density at radius 3 is 2.68 bits per heavy atom. The van der Waals surface area contributed by atoms with Crippen LogP contribution in [0.3, 0.4) is 0 Å². The molecule has 1 saturated heterocycles. The first-order chi connectivity index (χ1) is 15.0. The van der Waals surface area contributed by atoms with Crippen molar-refractivity contribution in [3.63, 3.8) is 0 Å². The summed E-state index contributed by atoms with van der Waals surface area (Å²) in [5.41, 5.74) is 3.48. The predicted octanol–water partition coefficient (Wildman–Crippen LogP) is 6.04. The summed E-state index contributed by atoms with van der Waals surface area (Å²) in [4.78, 5) is 14.5. The molecule has 1 aliphatic rings. The van der Waals surface area contributed by atoms with Gasteiger partial charge in [-0.3, -0.25) is 4.79 Å². The number of hydrogen-bond donors (Lipinski definition) is 0. The maximum absolute atomic E-state index is 11.9. The Morgan fingerprint density at radius 1 is 1.13 bits per heavy atom. The molecular weight excluding hydrogens is 476 g/mol. The highest BCUT2D eigenvalue weighted by atomic mass is 79.9. The van der Waals surface area contributed by atoms with Gasteiger partial charge < -0.3 is 14.2 Å². The van der Waals surface area contributed by atoms with Gasteiger partial charge in [-0.2, -0.15) is 0 Å². The third-order valence-electron chi connectivity index (χ3n) is 6.04. The fourth-order valence-corrected chi connectivity index (χ4v) is 5.41. The maximum Gasteiger partial charge on any atom is 0.310 e. The Hall–Kier alpha value is -1.82. The van der Waals surface area contributed by atoms with Crippen molar-refractivity contribution >= 4 is 44.4 Å². The summed E-state index contributed by atoms with van der Waals surface area (Å²) in [5, 5.41) is 2.01. The van der Waals surface area contributed by atoms with E-state index in [9.17, 15) is 4.79 Å². The molecule has 1 aromatic heterocycles. The number of halogens is 2. The summed E-state index contributed by atoms with van der Waals surface area (Å²) in [5.74, 6) is -0.174. The second-order valence-electron chi connectivity index (χ2n) is 8.16. The van der Waals surface area contributed by atoms with Gasteiger partial charge in [0, 0.05) is 41.6 Å². The lowest BCUT2D eigenvalue weighted by Crippen LogP contribution is -2.36. The highest BCUT2D eigenvalue weighted by Gasteiger charge is 2.23. The molecular formula is C25H28BrClN2O2. The van der Waals surface area contributed by atoms with Crippen LogP contribution < -0.4 is 0 Å². The molecule has 2 aromatic carbocycles. The number of esters is 1. The zero-order valence-corrected chi connectivity index (χ0v) is 20.2. The van der Waals surface area contributed by atoms with E-state index >= 15 is 0 Å². The van der Waals surface area contributed by atoms with Crippen LogP contribution in [0.15, 0.2) is 53.1 Å². The van der Waals surface area contributed by atoms with Crippen molar-refractivity contribution in [3.8, 4) is 0 Å². The number of carbonyl (C=O) groups is 1. The molecule has 0 aliphatic carbocycles. The number of fused-ring (bicyclic) bond motifs is 1. The molecule has 4 rings (SSSR count). The molecule has 0 amide bonds. The summed E-state index contributed by atoms with van der Waals surface area (Å²) in [6.07, 6.45) is 3.56.